The Morgan fingerprint density at radius 1 is 1.04 bits per heavy atom. The number of hydrogen-bond acceptors (Lipinski definition) is 3. The van der Waals surface area contributed by atoms with E-state index in [0.717, 1.165) is 19.3 Å². The highest BCUT2D eigenvalue weighted by Crippen LogP contribution is 2.70. The van der Waals surface area contributed by atoms with Gasteiger partial charge in [0.05, 0.1) is 11.5 Å². The molecule has 2 atom stereocenters. The number of hydrogen-bond donors (Lipinski definition) is 1. The second-order valence-electron chi connectivity index (χ2n) is 11.6. The fourth-order valence-electron chi connectivity index (χ4n) is 3.79. The van der Waals surface area contributed by atoms with Crippen LogP contribution in [0.5, 0.6) is 0 Å². The topological polar surface area (TPSA) is 46.5 Å². The number of esters is 1. The second-order valence-corrected chi connectivity index (χ2v) is 11.6. The molecule has 3 heteroatoms. The lowest BCUT2D eigenvalue weighted by molar-refractivity contribution is -0.157. The summed E-state index contributed by atoms with van der Waals surface area (Å²) in [4.78, 5) is 12.8. The molecule has 1 aliphatic rings. The Morgan fingerprint density at radius 2 is 1.52 bits per heavy atom. The van der Waals surface area contributed by atoms with E-state index in [9.17, 15) is 9.90 Å². The van der Waals surface area contributed by atoms with Gasteiger partial charge in [0, 0.05) is 0 Å². The van der Waals surface area contributed by atoms with E-state index in [0.29, 0.717) is 5.41 Å². The second kappa shape index (κ2) is 6.87. The number of aliphatic hydroxyl groups excluding tert-OH is 1. The molecule has 0 heterocycles. The number of carbonyl (C=O) groups excluding carboxylic acids is 1. The molecular formula is C22H42O3. The minimum atomic E-state index is -0.612. The highest BCUT2D eigenvalue weighted by molar-refractivity contribution is 5.82. The molecule has 0 bridgehead atoms. The molecule has 3 nitrogen and oxygen atoms in total. The number of aliphatic hydroxyl groups is 1. The smallest absolute Gasteiger partial charge is 0.312 e. The maximum absolute atomic E-state index is 12.8. The molecule has 0 aromatic rings. The Balaban J connectivity index is 2.91. The molecule has 2 unspecified atom stereocenters. The number of rotatable bonds is 8. The van der Waals surface area contributed by atoms with Crippen molar-refractivity contribution < 1.29 is 14.6 Å². The predicted molar refractivity (Wildman–Crippen MR) is 104 cm³/mol. The molecule has 1 fully saturated rings. The zero-order chi connectivity index (χ0) is 19.9. The normalized spacial score (nSPS) is 24.8. The van der Waals surface area contributed by atoms with Gasteiger partial charge in [-0.15, -0.1) is 0 Å². The van der Waals surface area contributed by atoms with E-state index >= 15 is 0 Å². The van der Waals surface area contributed by atoms with Gasteiger partial charge in [0.25, 0.3) is 0 Å². The van der Waals surface area contributed by atoms with Crippen LogP contribution in [-0.4, -0.2) is 23.8 Å². The lowest BCUT2D eigenvalue weighted by atomic mass is 9.59. The summed E-state index contributed by atoms with van der Waals surface area (Å²) < 4.78 is 5.45. The Bertz CT molecular complexity index is 480. The van der Waals surface area contributed by atoms with Crippen molar-refractivity contribution in [1.29, 1.82) is 0 Å². The first-order valence-corrected chi connectivity index (χ1v) is 9.81. The zero-order valence-electron chi connectivity index (χ0n) is 18.4. The molecule has 148 valence electrons. The van der Waals surface area contributed by atoms with Crippen LogP contribution in [0.4, 0.5) is 0 Å². The van der Waals surface area contributed by atoms with Crippen LogP contribution in [0.3, 0.4) is 0 Å². The third-order valence-corrected chi connectivity index (χ3v) is 6.84. The molecule has 0 amide bonds. The first-order valence-electron chi connectivity index (χ1n) is 9.81. The first kappa shape index (κ1) is 22.5. The molecule has 0 radical (unpaired) electrons. The van der Waals surface area contributed by atoms with Gasteiger partial charge in [-0.3, -0.25) is 4.79 Å². The highest BCUT2D eigenvalue weighted by atomic mass is 16.5. The molecular weight excluding hydrogens is 312 g/mol. The summed E-state index contributed by atoms with van der Waals surface area (Å²) in [5.74, 6) is -0.127. The van der Waals surface area contributed by atoms with Crippen LogP contribution >= 0.6 is 0 Å². The summed E-state index contributed by atoms with van der Waals surface area (Å²) in [6, 6.07) is 0. The van der Waals surface area contributed by atoms with Crippen LogP contribution in [0, 0.1) is 27.1 Å². The minimum absolute atomic E-state index is 0.0237. The van der Waals surface area contributed by atoms with Crippen molar-refractivity contribution in [2.75, 3.05) is 6.61 Å². The quantitative estimate of drug-likeness (QED) is 0.577. The van der Waals surface area contributed by atoms with Crippen LogP contribution in [0.1, 0.15) is 94.9 Å². The van der Waals surface area contributed by atoms with Gasteiger partial charge < -0.3 is 9.84 Å². The summed E-state index contributed by atoms with van der Waals surface area (Å²) >= 11 is 0. The van der Waals surface area contributed by atoms with Crippen molar-refractivity contribution in [2.45, 2.75) is 101 Å². The average Bonchev–Trinajstić information content (AvgIpc) is 2.94. The van der Waals surface area contributed by atoms with Crippen LogP contribution in [0.2, 0.25) is 0 Å². The average molecular weight is 355 g/mol. The molecule has 0 spiro atoms. The predicted octanol–water partition coefficient (Wildman–Crippen LogP) is 5.60. The van der Waals surface area contributed by atoms with Crippen molar-refractivity contribution in [3.8, 4) is 0 Å². The van der Waals surface area contributed by atoms with Crippen molar-refractivity contribution >= 4 is 5.97 Å². The Morgan fingerprint density at radius 3 is 1.88 bits per heavy atom. The molecule has 1 N–H and O–H groups in total. The Labute approximate surface area is 155 Å². The lowest BCUT2D eigenvalue weighted by Crippen LogP contribution is -2.39. The molecule has 0 aromatic carbocycles. The largest absolute Gasteiger partial charge is 0.463 e. The fraction of sp³-hybridized carbons (Fsp3) is 0.955. The lowest BCUT2D eigenvalue weighted by Gasteiger charge is -2.45. The number of ether oxygens (including phenoxy) is 1. The van der Waals surface area contributed by atoms with Gasteiger partial charge in [0.2, 0.25) is 0 Å². The molecule has 1 aliphatic carbocycles. The highest BCUT2D eigenvalue weighted by Gasteiger charge is 2.69. The van der Waals surface area contributed by atoms with Crippen LogP contribution in [-0.2, 0) is 9.53 Å². The van der Waals surface area contributed by atoms with Gasteiger partial charge in [0.1, 0.15) is 6.61 Å². The minimum Gasteiger partial charge on any atom is -0.463 e. The SMILES string of the molecule is CC(O)COC(=O)C1(CC(C)(C)C(C)(C)CCC(C)(C)C)CC1(C)C. The molecule has 0 aliphatic heterocycles. The van der Waals surface area contributed by atoms with E-state index in [-0.39, 0.29) is 28.8 Å². The van der Waals surface area contributed by atoms with Gasteiger partial charge >= 0.3 is 5.97 Å². The summed E-state index contributed by atoms with van der Waals surface area (Å²) in [7, 11) is 0. The first-order chi connectivity index (χ1) is 11.0. The van der Waals surface area contributed by atoms with Crippen LogP contribution in [0.25, 0.3) is 0 Å². The van der Waals surface area contributed by atoms with Crippen molar-refractivity contribution in [3.05, 3.63) is 0 Å². The Hall–Kier alpha value is -0.570. The van der Waals surface area contributed by atoms with E-state index < -0.39 is 11.5 Å². The maximum atomic E-state index is 12.8. The van der Waals surface area contributed by atoms with E-state index in [1.165, 1.54) is 6.42 Å². The van der Waals surface area contributed by atoms with Crippen molar-refractivity contribution in [1.82, 2.24) is 0 Å². The molecule has 1 saturated carbocycles. The molecule has 25 heavy (non-hydrogen) atoms. The van der Waals surface area contributed by atoms with Gasteiger partial charge in [-0.1, -0.05) is 62.3 Å². The van der Waals surface area contributed by atoms with E-state index in [1.807, 2.05) is 0 Å². The van der Waals surface area contributed by atoms with Crippen molar-refractivity contribution in [3.63, 3.8) is 0 Å². The van der Waals surface area contributed by atoms with Crippen LogP contribution < -0.4 is 0 Å². The molecule has 1 rings (SSSR count). The van der Waals surface area contributed by atoms with Gasteiger partial charge in [-0.25, -0.2) is 0 Å². The van der Waals surface area contributed by atoms with E-state index in [1.54, 1.807) is 6.92 Å². The molecule has 0 aromatic heterocycles. The van der Waals surface area contributed by atoms with E-state index in [2.05, 4.69) is 62.3 Å². The third kappa shape index (κ3) is 5.21. The van der Waals surface area contributed by atoms with Gasteiger partial charge in [0.15, 0.2) is 0 Å². The zero-order valence-corrected chi connectivity index (χ0v) is 18.4. The summed E-state index contributed by atoms with van der Waals surface area (Å²) in [6.45, 7) is 22.2. The van der Waals surface area contributed by atoms with Gasteiger partial charge in [-0.05, 0) is 54.3 Å². The Kier molecular flexibility index (Phi) is 6.17. The summed E-state index contributed by atoms with van der Waals surface area (Å²) in [6.07, 6.45) is 3.41. The van der Waals surface area contributed by atoms with Crippen molar-refractivity contribution in [2.24, 2.45) is 27.1 Å². The summed E-state index contributed by atoms with van der Waals surface area (Å²) in [5.41, 5.74) is 0.0387. The molecule has 0 saturated heterocycles. The standard InChI is InChI=1S/C22H42O3/c1-16(23)13-25-17(24)22(15-21(22,9)10)14-20(7,8)19(5,6)12-11-18(2,3)4/h16,23H,11-15H2,1-10H3. The summed E-state index contributed by atoms with van der Waals surface area (Å²) in [5, 5.41) is 9.45. The maximum Gasteiger partial charge on any atom is 0.312 e. The number of carbonyl (C=O) groups is 1. The van der Waals surface area contributed by atoms with Gasteiger partial charge in [-0.2, -0.15) is 0 Å². The van der Waals surface area contributed by atoms with E-state index in [4.69, 9.17) is 4.74 Å². The van der Waals surface area contributed by atoms with Crippen LogP contribution in [0.15, 0.2) is 0 Å². The monoisotopic (exact) mass is 354 g/mol. The fourth-order valence-corrected chi connectivity index (χ4v) is 3.79. The third-order valence-electron chi connectivity index (χ3n) is 6.84.